The quantitative estimate of drug-likeness (QED) is 0.725. The Morgan fingerprint density at radius 2 is 1.64 bits per heavy atom. The first kappa shape index (κ1) is 20.9. The van der Waals surface area contributed by atoms with Crippen LogP contribution in [0.5, 0.6) is 0 Å². The minimum Gasteiger partial charge on any atom is -0.319 e. The number of fused-ring (bicyclic) bond motifs is 4. The standard InChI is InChI=1S/C28H33N3O2/c1-20-7-8-22-10-12-28(24(22)19-20)25(32)31(26(33)29-28)16-4-15-30-17-13-27(14-18-30)11-9-21-5-2-3-6-23(21)27/h2-3,5-8,19H,4,9-18H2,1H3,(H,29,33). The molecule has 2 saturated heterocycles. The summed E-state index contributed by atoms with van der Waals surface area (Å²) in [6.07, 6.45) is 7.27. The lowest BCUT2D eigenvalue weighted by molar-refractivity contribution is -0.131. The summed E-state index contributed by atoms with van der Waals surface area (Å²) in [4.78, 5) is 30.2. The van der Waals surface area contributed by atoms with Gasteiger partial charge in [0.15, 0.2) is 0 Å². The Morgan fingerprint density at radius 1 is 0.879 bits per heavy atom. The lowest BCUT2D eigenvalue weighted by Crippen LogP contribution is -2.43. The number of amides is 3. The molecule has 2 aliphatic heterocycles. The monoisotopic (exact) mass is 443 g/mol. The Balaban J connectivity index is 1.06. The fraction of sp³-hybridized carbons (Fsp3) is 0.500. The molecule has 6 rings (SSSR count). The van der Waals surface area contributed by atoms with Gasteiger partial charge in [-0.3, -0.25) is 9.69 Å². The first-order valence-corrected chi connectivity index (χ1v) is 12.6. The maximum atomic E-state index is 13.4. The van der Waals surface area contributed by atoms with Crippen LogP contribution in [-0.2, 0) is 28.6 Å². The van der Waals surface area contributed by atoms with E-state index in [1.807, 2.05) is 6.92 Å². The molecule has 33 heavy (non-hydrogen) atoms. The minimum atomic E-state index is -0.841. The van der Waals surface area contributed by atoms with Gasteiger partial charge in [0.2, 0.25) is 0 Å². The molecule has 2 aromatic rings. The van der Waals surface area contributed by atoms with Gasteiger partial charge in [-0.1, -0.05) is 48.0 Å². The zero-order valence-corrected chi connectivity index (χ0v) is 19.5. The van der Waals surface area contributed by atoms with E-state index in [9.17, 15) is 9.59 Å². The molecule has 2 spiro atoms. The van der Waals surface area contributed by atoms with E-state index in [0.29, 0.717) is 18.4 Å². The average Bonchev–Trinajstić information content (AvgIpc) is 3.44. The number of aryl methyl sites for hydroxylation is 3. The van der Waals surface area contributed by atoms with Crippen molar-refractivity contribution in [1.29, 1.82) is 0 Å². The van der Waals surface area contributed by atoms with Crippen molar-refractivity contribution in [2.75, 3.05) is 26.2 Å². The molecule has 0 bridgehead atoms. The number of nitrogens with one attached hydrogen (secondary N) is 1. The van der Waals surface area contributed by atoms with Crippen molar-refractivity contribution in [3.05, 3.63) is 70.3 Å². The van der Waals surface area contributed by atoms with Crippen molar-refractivity contribution in [2.24, 2.45) is 0 Å². The maximum Gasteiger partial charge on any atom is 0.325 e. The highest BCUT2D eigenvalue weighted by Gasteiger charge is 2.55. The maximum absolute atomic E-state index is 13.4. The largest absolute Gasteiger partial charge is 0.325 e. The van der Waals surface area contributed by atoms with E-state index < -0.39 is 5.54 Å². The van der Waals surface area contributed by atoms with E-state index in [4.69, 9.17) is 0 Å². The molecule has 3 amide bonds. The number of imide groups is 1. The molecular weight excluding hydrogens is 410 g/mol. The van der Waals surface area contributed by atoms with E-state index in [1.54, 1.807) is 11.1 Å². The molecule has 0 aromatic heterocycles. The molecule has 5 heteroatoms. The first-order chi connectivity index (χ1) is 16.0. The molecule has 0 saturated carbocycles. The van der Waals surface area contributed by atoms with Gasteiger partial charge in [0.05, 0.1) is 0 Å². The van der Waals surface area contributed by atoms with Gasteiger partial charge in [-0.05, 0) is 99.2 Å². The smallest absolute Gasteiger partial charge is 0.319 e. The molecule has 172 valence electrons. The topological polar surface area (TPSA) is 52.7 Å². The average molecular weight is 444 g/mol. The number of urea groups is 1. The predicted molar refractivity (Wildman–Crippen MR) is 128 cm³/mol. The van der Waals surface area contributed by atoms with Crippen molar-refractivity contribution in [3.63, 3.8) is 0 Å². The number of carbonyl (C=O) groups is 2. The van der Waals surface area contributed by atoms with Crippen molar-refractivity contribution in [2.45, 2.75) is 62.8 Å². The third-order valence-corrected chi connectivity index (χ3v) is 8.80. The van der Waals surface area contributed by atoms with Crippen LogP contribution in [0.25, 0.3) is 0 Å². The second-order valence-electron chi connectivity index (χ2n) is 10.6. The molecule has 0 radical (unpaired) electrons. The van der Waals surface area contributed by atoms with Crippen LogP contribution in [0.4, 0.5) is 4.79 Å². The van der Waals surface area contributed by atoms with Crippen LogP contribution < -0.4 is 5.32 Å². The second-order valence-corrected chi connectivity index (χ2v) is 10.6. The third kappa shape index (κ3) is 3.23. The summed E-state index contributed by atoms with van der Waals surface area (Å²) in [5, 5.41) is 3.07. The van der Waals surface area contributed by atoms with Crippen LogP contribution in [0, 0.1) is 6.92 Å². The van der Waals surface area contributed by atoms with Crippen LogP contribution in [0.3, 0.4) is 0 Å². The molecule has 2 aliphatic carbocycles. The van der Waals surface area contributed by atoms with Crippen molar-refractivity contribution < 1.29 is 9.59 Å². The highest BCUT2D eigenvalue weighted by atomic mass is 16.2. The Morgan fingerprint density at radius 3 is 2.48 bits per heavy atom. The number of nitrogens with zero attached hydrogens (tertiary/aromatic N) is 2. The Labute approximate surface area is 196 Å². The lowest BCUT2D eigenvalue weighted by Gasteiger charge is -2.40. The molecule has 4 aliphatic rings. The number of likely N-dealkylation sites (tertiary alicyclic amines) is 1. The van der Waals surface area contributed by atoms with Gasteiger partial charge in [-0.25, -0.2) is 4.79 Å². The zero-order valence-electron chi connectivity index (χ0n) is 19.5. The van der Waals surface area contributed by atoms with E-state index in [2.05, 4.69) is 52.7 Å². The molecule has 2 aromatic carbocycles. The summed E-state index contributed by atoms with van der Waals surface area (Å²) in [6, 6.07) is 15.0. The highest BCUT2D eigenvalue weighted by molar-refractivity contribution is 6.08. The molecular formula is C28H33N3O2. The highest BCUT2D eigenvalue weighted by Crippen LogP contribution is 2.46. The first-order valence-electron chi connectivity index (χ1n) is 12.6. The van der Waals surface area contributed by atoms with E-state index in [0.717, 1.165) is 43.6 Å². The molecule has 2 heterocycles. The van der Waals surface area contributed by atoms with Crippen LogP contribution in [0.2, 0.25) is 0 Å². The molecule has 1 N–H and O–H groups in total. The summed E-state index contributed by atoms with van der Waals surface area (Å²) < 4.78 is 0. The predicted octanol–water partition coefficient (Wildman–Crippen LogP) is 4.06. The van der Waals surface area contributed by atoms with Crippen molar-refractivity contribution in [1.82, 2.24) is 15.1 Å². The van der Waals surface area contributed by atoms with Gasteiger partial charge in [-0.2, -0.15) is 0 Å². The van der Waals surface area contributed by atoms with Gasteiger partial charge >= 0.3 is 6.03 Å². The lowest BCUT2D eigenvalue weighted by atomic mass is 9.74. The number of piperidine rings is 1. The Bertz CT molecular complexity index is 1120. The Hall–Kier alpha value is -2.66. The summed E-state index contributed by atoms with van der Waals surface area (Å²) in [6.45, 7) is 5.68. The summed E-state index contributed by atoms with van der Waals surface area (Å²) in [7, 11) is 0. The van der Waals surface area contributed by atoms with Gasteiger partial charge in [-0.15, -0.1) is 0 Å². The number of carbonyl (C=O) groups excluding carboxylic acids is 2. The summed E-state index contributed by atoms with van der Waals surface area (Å²) >= 11 is 0. The normalized spacial score (nSPS) is 25.7. The van der Waals surface area contributed by atoms with Crippen LogP contribution >= 0.6 is 0 Å². The Kier molecular flexibility index (Phi) is 4.88. The molecule has 1 atom stereocenters. The number of rotatable bonds is 4. The van der Waals surface area contributed by atoms with Crippen molar-refractivity contribution in [3.8, 4) is 0 Å². The molecule has 5 nitrogen and oxygen atoms in total. The SMILES string of the molecule is Cc1ccc2c(c1)C1(CC2)NC(=O)N(CCCN2CCC3(CCc4ccccc43)CC2)C1=O. The molecule has 2 fully saturated rings. The second kappa shape index (κ2) is 7.69. The van der Waals surface area contributed by atoms with Crippen LogP contribution in [0.1, 0.15) is 59.9 Å². The van der Waals surface area contributed by atoms with Gasteiger partial charge in [0.25, 0.3) is 5.91 Å². The van der Waals surface area contributed by atoms with E-state index >= 15 is 0 Å². The summed E-state index contributed by atoms with van der Waals surface area (Å²) in [5.41, 5.74) is 5.98. The van der Waals surface area contributed by atoms with E-state index in [-0.39, 0.29) is 11.9 Å². The van der Waals surface area contributed by atoms with Crippen LogP contribution in [0.15, 0.2) is 42.5 Å². The van der Waals surface area contributed by atoms with Crippen molar-refractivity contribution >= 4 is 11.9 Å². The van der Waals surface area contributed by atoms with Gasteiger partial charge < -0.3 is 10.2 Å². The van der Waals surface area contributed by atoms with Crippen LogP contribution in [-0.4, -0.2) is 47.9 Å². The number of benzene rings is 2. The number of hydrogen-bond acceptors (Lipinski definition) is 3. The van der Waals surface area contributed by atoms with Gasteiger partial charge in [0, 0.05) is 6.54 Å². The number of hydrogen-bond donors (Lipinski definition) is 1. The minimum absolute atomic E-state index is 0.0583. The fourth-order valence-electron chi connectivity index (χ4n) is 6.88. The van der Waals surface area contributed by atoms with E-state index in [1.165, 1.54) is 36.1 Å². The zero-order chi connectivity index (χ0) is 22.6. The van der Waals surface area contributed by atoms with Gasteiger partial charge in [0.1, 0.15) is 5.54 Å². The fourth-order valence-corrected chi connectivity index (χ4v) is 6.88. The molecule has 1 unspecified atom stereocenters. The third-order valence-electron chi connectivity index (χ3n) is 8.80. The summed E-state index contributed by atoms with van der Waals surface area (Å²) in [5.74, 6) is -0.0583.